The summed E-state index contributed by atoms with van der Waals surface area (Å²) in [4.78, 5) is 8.87. The number of oxime groups is 1. The summed E-state index contributed by atoms with van der Waals surface area (Å²) in [6.07, 6.45) is 0. The monoisotopic (exact) mass is 317 g/mol. The molecule has 0 aliphatic carbocycles. The predicted molar refractivity (Wildman–Crippen MR) is 83.0 cm³/mol. The average molecular weight is 317 g/mol. The van der Waals surface area contributed by atoms with E-state index in [0.29, 0.717) is 5.56 Å². The summed E-state index contributed by atoms with van der Waals surface area (Å²) in [5.41, 5.74) is 7.19. The number of benzene rings is 1. The Morgan fingerprint density at radius 3 is 2.86 bits per heavy atom. The molecule has 1 aromatic carbocycles. The first-order valence-electron chi connectivity index (χ1n) is 6.03. The molecule has 0 aliphatic rings. The summed E-state index contributed by atoms with van der Waals surface area (Å²) in [7, 11) is 0. The van der Waals surface area contributed by atoms with Crippen LogP contribution in [0.2, 0.25) is 0 Å². The second kappa shape index (κ2) is 5.66. The molecular weight excluding hydrogens is 306 g/mol. The average Bonchev–Trinajstić information content (AvgIpc) is 2.90. The fourth-order valence-electron chi connectivity index (χ4n) is 1.88. The lowest BCUT2D eigenvalue weighted by Crippen LogP contribution is -2.14. The fraction of sp³-hybridized carbons (Fsp3) is 0.0769. The number of aryl methyl sites for hydroxylation is 1. The number of pyridine rings is 1. The molecule has 6 nitrogen and oxygen atoms in total. The van der Waals surface area contributed by atoms with Crippen molar-refractivity contribution in [2.45, 2.75) is 16.3 Å². The highest BCUT2D eigenvalue weighted by atomic mass is 32.2. The van der Waals surface area contributed by atoms with E-state index in [-0.39, 0.29) is 5.84 Å². The van der Waals surface area contributed by atoms with Crippen LogP contribution in [-0.2, 0) is 0 Å². The molecule has 3 rings (SSSR count). The maximum atomic E-state index is 8.95. The van der Waals surface area contributed by atoms with Crippen LogP contribution >= 0.6 is 23.3 Å². The van der Waals surface area contributed by atoms with Crippen LogP contribution < -0.4 is 5.73 Å². The first-order valence-corrected chi connectivity index (χ1v) is 7.62. The van der Waals surface area contributed by atoms with Gasteiger partial charge in [-0.3, -0.25) is 0 Å². The van der Waals surface area contributed by atoms with Crippen molar-refractivity contribution >= 4 is 40.0 Å². The zero-order chi connectivity index (χ0) is 14.8. The molecule has 0 aliphatic heterocycles. The first kappa shape index (κ1) is 13.8. The van der Waals surface area contributed by atoms with Crippen molar-refractivity contribution in [1.29, 1.82) is 0 Å². The van der Waals surface area contributed by atoms with Crippen LogP contribution in [0.5, 0.6) is 0 Å². The van der Waals surface area contributed by atoms with Crippen LogP contribution in [-0.4, -0.2) is 25.4 Å². The van der Waals surface area contributed by atoms with Crippen molar-refractivity contribution in [1.82, 2.24) is 14.3 Å². The molecule has 3 N–H and O–H groups in total. The largest absolute Gasteiger partial charge is 0.409 e. The molecule has 0 saturated carbocycles. The summed E-state index contributed by atoms with van der Waals surface area (Å²) in [6.45, 7) is 1.84. The zero-order valence-electron chi connectivity index (χ0n) is 11.0. The molecular formula is C13H11N5OS2. The second-order valence-electron chi connectivity index (χ2n) is 4.22. The van der Waals surface area contributed by atoms with E-state index in [2.05, 4.69) is 19.5 Å². The van der Waals surface area contributed by atoms with E-state index in [1.807, 2.05) is 31.2 Å². The van der Waals surface area contributed by atoms with Gasteiger partial charge in [0.25, 0.3) is 0 Å². The van der Waals surface area contributed by atoms with Crippen molar-refractivity contribution in [3.05, 3.63) is 41.7 Å². The third-order valence-corrected chi connectivity index (χ3v) is 4.54. The minimum Gasteiger partial charge on any atom is -0.409 e. The zero-order valence-corrected chi connectivity index (χ0v) is 12.6. The number of nitrogens with zero attached hydrogens (tertiary/aromatic N) is 4. The maximum Gasteiger partial charge on any atom is 0.176 e. The van der Waals surface area contributed by atoms with Gasteiger partial charge in [0.15, 0.2) is 10.2 Å². The van der Waals surface area contributed by atoms with Gasteiger partial charge in [-0.05, 0) is 42.4 Å². The van der Waals surface area contributed by atoms with Crippen LogP contribution in [0.1, 0.15) is 11.4 Å². The SMILES string of the molecule is Cc1nsc(Sc2cc(/C(N)=N/O)c3ccccc3n2)n1. The van der Waals surface area contributed by atoms with Crippen LogP contribution in [0, 0.1) is 6.92 Å². The maximum absolute atomic E-state index is 8.95. The lowest BCUT2D eigenvalue weighted by atomic mass is 10.1. The van der Waals surface area contributed by atoms with E-state index < -0.39 is 0 Å². The summed E-state index contributed by atoms with van der Waals surface area (Å²) < 4.78 is 4.95. The van der Waals surface area contributed by atoms with E-state index in [1.165, 1.54) is 23.3 Å². The van der Waals surface area contributed by atoms with Crippen molar-refractivity contribution < 1.29 is 5.21 Å². The Kier molecular flexibility index (Phi) is 3.72. The Hall–Kier alpha value is -2.19. The summed E-state index contributed by atoms with van der Waals surface area (Å²) >= 11 is 2.73. The fourth-order valence-corrected chi connectivity index (χ4v) is 3.50. The molecule has 106 valence electrons. The Morgan fingerprint density at radius 2 is 2.14 bits per heavy atom. The molecule has 0 bridgehead atoms. The van der Waals surface area contributed by atoms with Gasteiger partial charge < -0.3 is 10.9 Å². The van der Waals surface area contributed by atoms with Gasteiger partial charge in [-0.1, -0.05) is 23.4 Å². The highest BCUT2D eigenvalue weighted by Crippen LogP contribution is 2.30. The summed E-state index contributed by atoms with van der Waals surface area (Å²) in [5.74, 6) is 0.795. The predicted octanol–water partition coefficient (Wildman–Crippen LogP) is 2.64. The van der Waals surface area contributed by atoms with E-state index in [9.17, 15) is 0 Å². The van der Waals surface area contributed by atoms with Crippen molar-refractivity contribution in [2.24, 2.45) is 10.9 Å². The Bertz CT molecular complexity index is 830. The van der Waals surface area contributed by atoms with Crippen molar-refractivity contribution in [2.75, 3.05) is 0 Å². The van der Waals surface area contributed by atoms with Gasteiger partial charge in [0.1, 0.15) is 10.9 Å². The third-order valence-electron chi connectivity index (χ3n) is 2.78. The van der Waals surface area contributed by atoms with E-state index in [4.69, 9.17) is 10.9 Å². The van der Waals surface area contributed by atoms with Gasteiger partial charge in [-0.2, -0.15) is 4.37 Å². The van der Waals surface area contributed by atoms with E-state index >= 15 is 0 Å². The summed E-state index contributed by atoms with van der Waals surface area (Å²) in [5, 5.41) is 13.6. The Morgan fingerprint density at radius 1 is 1.33 bits per heavy atom. The lowest BCUT2D eigenvalue weighted by Gasteiger charge is -2.07. The number of rotatable bonds is 3. The molecule has 8 heteroatoms. The molecule has 0 amide bonds. The minimum atomic E-state index is 0.0592. The molecule has 2 aromatic heterocycles. The van der Waals surface area contributed by atoms with Crippen LogP contribution in [0.15, 0.2) is 44.9 Å². The van der Waals surface area contributed by atoms with E-state index in [1.54, 1.807) is 6.07 Å². The minimum absolute atomic E-state index is 0.0592. The number of hydrogen-bond acceptors (Lipinski definition) is 7. The highest BCUT2D eigenvalue weighted by Gasteiger charge is 2.11. The van der Waals surface area contributed by atoms with Crippen molar-refractivity contribution in [3.63, 3.8) is 0 Å². The molecule has 0 saturated heterocycles. The smallest absolute Gasteiger partial charge is 0.176 e. The third kappa shape index (κ3) is 2.81. The highest BCUT2D eigenvalue weighted by molar-refractivity contribution is 8.00. The normalized spacial score (nSPS) is 12.0. The molecule has 0 spiro atoms. The first-order chi connectivity index (χ1) is 10.2. The Labute approximate surface area is 128 Å². The number of aromatic nitrogens is 3. The molecule has 21 heavy (non-hydrogen) atoms. The van der Waals surface area contributed by atoms with Gasteiger partial charge in [-0.15, -0.1) is 0 Å². The summed E-state index contributed by atoms with van der Waals surface area (Å²) in [6, 6.07) is 9.35. The van der Waals surface area contributed by atoms with Crippen LogP contribution in [0.25, 0.3) is 10.9 Å². The van der Waals surface area contributed by atoms with Crippen LogP contribution in [0.3, 0.4) is 0 Å². The van der Waals surface area contributed by atoms with Crippen LogP contribution in [0.4, 0.5) is 0 Å². The molecule has 0 radical (unpaired) electrons. The quantitative estimate of drug-likeness (QED) is 0.333. The second-order valence-corrected chi connectivity index (χ2v) is 6.24. The van der Waals surface area contributed by atoms with Crippen molar-refractivity contribution in [3.8, 4) is 0 Å². The van der Waals surface area contributed by atoms with Gasteiger partial charge in [0, 0.05) is 10.9 Å². The number of nitrogens with two attached hydrogens (primary N) is 1. The van der Waals surface area contributed by atoms with E-state index in [0.717, 1.165) is 26.1 Å². The van der Waals surface area contributed by atoms with Gasteiger partial charge in [0.05, 0.1) is 5.52 Å². The number of hydrogen-bond donors (Lipinski definition) is 2. The standard InChI is InChI=1S/C13H11N5OS2/c1-7-15-13(21-18-7)20-11-6-9(12(14)17-19)8-4-2-3-5-10(8)16-11/h2-6,19H,1H3,(H2,14,17). The number of para-hydroxylation sites is 1. The topological polar surface area (TPSA) is 97.3 Å². The number of fused-ring (bicyclic) bond motifs is 1. The Balaban J connectivity index is 2.11. The number of amidine groups is 1. The molecule has 2 heterocycles. The van der Waals surface area contributed by atoms with Gasteiger partial charge in [0.2, 0.25) is 0 Å². The van der Waals surface area contributed by atoms with Gasteiger partial charge >= 0.3 is 0 Å². The molecule has 0 atom stereocenters. The van der Waals surface area contributed by atoms with Gasteiger partial charge in [-0.25, -0.2) is 9.97 Å². The molecule has 0 fully saturated rings. The molecule has 3 aromatic rings. The molecule has 0 unspecified atom stereocenters. The lowest BCUT2D eigenvalue weighted by molar-refractivity contribution is 0.318.